The van der Waals surface area contributed by atoms with Gasteiger partial charge in [0.15, 0.2) is 0 Å². The highest BCUT2D eigenvalue weighted by atomic mass is 16.5. The predicted octanol–water partition coefficient (Wildman–Crippen LogP) is 9.50. The van der Waals surface area contributed by atoms with Crippen LogP contribution in [0.1, 0.15) is 149 Å². The first kappa shape index (κ1) is 33.2. The van der Waals surface area contributed by atoms with E-state index in [1.165, 1.54) is 122 Å². The van der Waals surface area contributed by atoms with Crippen LogP contribution in [0.5, 0.6) is 0 Å². The summed E-state index contributed by atoms with van der Waals surface area (Å²) in [6, 6.07) is 0. The summed E-state index contributed by atoms with van der Waals surface area (Å²) in [4.78, 5) is 13.7. The molecule has 0 bridgehead atoms. The fourth-order valence-corrected chi connectivity index (χ4v) is 4.81. The van der Waals surface area contributed by atoms with E-state index >= 15 is 0 Å². The van der Waals surface area contributed by atoms with Crippen LogP contribution in [-0.2, 0) is 9.53 Å². The molecular formula is C31H61NO2. The summed E-state index contributed by atoms with van der Waals surface area (Å²) in [5, 5.41) is 0. The third-order valence-electron chi connectivity index (χ3n) is 6.80. The van der Waals surface area contributed by atoms with Crippen molar-refractivity contribution in [1.29, 1.82) is 0 Å². The lowest BCUT2D eigenvalue weighted by Crippen LogP contribution is -2.21. The number of carbonyl (C=O) groups excluding carboxylic acids is 1. The van der Waals surface area contributed by atoms with Gasteiger partial charge in [0.25, 0.3) is 0 Å². The van der Waals surface area contributed by atoms with Crippen LogP contribution >= 0.6 is 0 Å². The maximum atomic E-state index is 11.3. The summed E-state index contributed by atoms with van der Waals surface area (Å²) < 4.78 is 4.96. The van der Waals surface area contributed by atoms with Crippen molar-refractivity contribution < 1.29 is 9.53 Å². The Hall–Kier alpha value is -0.830. The van der Waals surface area contributed by atoms with E-state index in [1.807, 2.05) is 6.92 Å². The van der Waals surface area contributed by atoms with Crippen molar-refractivity contribution in [3.63, 3.8) is 0 Å². The smallest absolute Gasteiger partial charge is 0.305 e. The molecule has 0 aromatic rings. The second-order valence-corrected chi connectivity index (χ2v) is 10.6. The summed E-state index contributed by atoms with van der Waals surface area (Å²) >= 11 is 0. The first-order valence-corrected chi connectivity index (χ1v) is 15.0. The third kappa shape index (κ3) is 25.8. The minimum atomic E-state index is -0.0393. The van der Waals surface area contributed by atoms with E-state index in [1.54, 1.807) is 0 Å². The van der Waals surface area contributed by atoms with E-state index in [0.29, 0.717) is 13.0 Å². The molecule has 1 unspecified atom stereocenters. The van der Waals surface area contributed by atoms with Crippen LogP contribution in [0.15, 0.2) is 12.2 Å². The Morgan fingerprint density at radius 2 is 1.15 bits per heavy atom. The molecule has 0 spiro atoms. The van der Waals surface area contributed by atoms with Gasteiger partial charge in [-0.25, -0.2) is 0 Å². The zero-order valence-corrected chi connectivity index (χ0v) is 23.8. The maximum absolute atomic E-state index is 11.3. The summed E-state index contributed by atoms with van der Waals surface area (Å²) in [7, 11) is 4.46. The predicted molar refractivity (Wildman–Crippen MR) is 150 cm³/mol. The quantitative estimate of drug-likeness (QED) is 0.0702. The Morgan fingerprint density at radius 1 is 0.676 bits per heavy atom. The van der Waals surface area contributed by atoms with Crippen LogP contribution in [0.4, 0.5) is 0 Å². The Kier molecular flexibility index (Phi) is 26.1. The summed E-state index contributed by atoms with van der Waals surface area (Å²) in [6.07, 6.45) is 32.1. The van der Waals surface area contributed by atoms with Gasteiger partial charge in [-0.2, -0.15) is 0 Å². The molecule has 1 atom stereocenters. The lowest BCUT2D eigenvalue weighted by Gasteiger charge is -2.21. The SMILES string of the molecule is CCCCCCCC(CCCCCCCC/C=C\CCCCCCCC(=O)OCC)CN(C)C. The Balaban J connectivity index is 3.47. The van der Waals surface area contributed by atoms with Crippen molar-refractivity contribution in [3.8, 4) is 0 Å². The first-order chi connectivity index (χ1) is 16.6. The van der Waals surface area contributed by atoms with Crippen molar-refractivity contribution >= 4 is 5.97 Å². The molecule has 0 saturated carbocycles. The van der Waals surface area contributed by atoms with E-state index in [4.69, 9.17) is 4.74 Å². The Labute approximate surface area is 214 Å². The van der Waals surface area contributed by atoms with Gasteiger partial charge >= 0.3 is 5.97 Å². The van der Waals surface area contributed by atoms with E-state index < -0.39 is 0 Å². The molecule has 0 rings (SSSR count). The van der Waals surface area contributed by atoms with Crippen molar-refractivity contribution in [2.75, 3.05) is 27.2 Å². The molecule has 3 heteroatoms. The highest BCUT2D eigenvalue weighted by Crippen LogP contribution is 2.20. The molecule has 0 heterocycles. The number of hydrogen-bond donors (Lipinski definition) is 0. The highest BCUT2D eigenvalue weighted by Gasteiger charge is 2.09. The van der Waals surface area contributed by atoms with Crippen LogP contribution in [-0.4, -0.2) is 38.1 Å². The second-order valence-electron chi connectivity index (χ2n) is 10.6. The molecule has 0 saturated heterocycles. The average Bonchev–Trinajstić information content (AvgIpc) is 2.80. The van der Waals surface area contributed by atoms with Gasteiger partial charge in [-0.3, -0.25) is 4.79 Å². The van der Waals surface area contributed by atoms with Crippen molar-refractivity contribution in [1.82, 2.24) is 4.90 Å². The summed E-state index contributed by atoms with van der Waals surface area (Å²) in [5.74, 6) is 0.869. The number of esters is 1. The van der Waals surface area contributed by atoms with Gasteiger partial charge in [0, 0.05) is 13.0 Å². The van der Waals surface area contributed by atoms with E-state index in [2.05, 4.69) is 38.1 Å². The fraction of sp³-hybridized carbons (Fsp3) is 0.903. The standard InChI is InChI=1S/C31H61NO2/c1-5-7-8-20-23-26-30(29-32(3)4)27-24-21-18-16-14-12-10-9-11-13-15-17-19-22-25-28-31(33)34-6-2/h9,11,30H,5-8,10,12-29H2,1-4H3/b11-9-. The lowest BCUT2D eigenvalue weighted by atomic mass is 9.93. The average molecular weight is 480 g/mol. The normalized spacial score (nSPS) is 12.6. The van der Waals surface area contributed by atoms with Crippen LogP contribution in [0, 0.1) is 5.92 Å². The topological polar surface area (TPSA) is 29.5 Å². The van der Waals surface area contributed by atoms with E-state index in [-0.39, 0.29) is 5.97 Å². The molecular weight excluding hydrogens is 418 g/mol. The Bertz CT molecular complexity index is 447. The second kappa shape index (κ2) is 26.8. The monoisotopic (exact) mass is 479 g/mol. The molecule has 0 aromatic carbocycles. The number of allylic oxidation sites excluding steroid dienone is 2. The zero-order valence-electron chi connectivity index (χ0n) is 23.8. The molecule has 0 aromatic heterocycles. The molecule has 0 aliphatic rings. The summed E-state index contributed by atoms with van der Waals surface area (Å²) in [5.41, 5.74) is 0. The number of nitrogens with zero attached hydrogens (tertiary/aromatic N) is 1. The van der Waals surface area contributed by atoms with Gasteiger partial charge in [-0.1, -0.05) is 103 Å². The molecule has 0 aliphatic carbocycles. The highest BCUT2D eigenvalue weighted by molar-refractivity contribution is 5.69. The van der Waals surface area contributed by atoms with Gasteiger partial charge < -0.3 is 9.64 Å². The van der Waals surface area contributed by atoms with Gasteiger partial charge in [0.1, 0.15) is 0 Å². The molecule has 34 heavy (non-hydrogen) atoms. The maximum Gasteiger partial charge on any atom is 0.305 e. The fourth-order valence-electron chi connectivity index (χ4n) is 4.81. The van der Waals surface area contributed by atoms with Crippen LogP contribution in [0.2, 0.25) is 0 Å². The van der Waals surface area contributed by atoms with Gasteiger partial charge in [-0.05, 0) is 71.9 Å². The molecule has 0 aliphatic heterocycles. The molecule has 0 amide bonds. The van der Waals surface area contributed by atoms with Crippen LogP contribution in [0.3, 0.4) is 0 Å². The number of ether oxygens (including phenoxy) is 1. The van der Waals surface area contributed by atoms with E-state index in [9.17, 15) is 4.79 Å². The summed E-state index contributed by atoms with van der Waals surface area (Å²) in [6.45, 7) is 5.94. The molecule has 202 valence electrons. The van der Waals surface area contributed by atoms with Crippen molar-refractivity contribution in [2.24, 2.45) is 5.92 Å². The van der Waals surface area contributed by atoms with Crippen LogP contribution in [0.25, 0.3) is 0 Å². The van der Waals surface area contributed by atoms with Gasteiger partial charge in [-0.15, -0.1) is 0 Å². The largest absolute Gasteiger partial charge is 0.466 e. The number of rotatable bonds is 26. The molecule has 0 radical (unpaired) electrons. The molecule has 3 nitrogen and oxygen atoms in total. The number of unbranched alkanes of at least 4 members (excludes halogenated alkanes) is 15. The molecule has 0 fully saturated rings. The number of hydrogen-bond acceptors (Lipinski definition) is 3. The van der Waals surface area contributed by atoms with Gasteiger partial charge in [0.05, 0.1) is 6.61 Å². The minimum absolute atomic E-state index is 0.0393. The number of carbonyl (C=O) groups is 1. The Morgan fingerprint density at radius 3 is 1.65 bits per heavy atom. The van der Waals surface area contributed by atoms with Gasteiger partial charge in [0.2, 0.25) is 0 Å². The zero-order chi connectivity index (χ0) is 25.1. The minimum Gasteiger partial charge on any atom is -0.466 e. The lowest BCUT2D eigenvalue weighted by molar-refractivity contribution is -0.143. The van der Waals surface area contributed by atoms with Crippen molar-refractivity contribution in [2.45, 2.75) is 149 Å². The first-order valence-electron chi connectivity index (χ1n) is 15.0. The van der Waals surface area contributed by atoms with Crippen molar-refractivity contribution in [3.05, 3.63) is 12.2 Å². The van der Waals surface area contributed by atoms with E-state index in [0.717, 1.165) is 18.8 Å². The van der Waals surface area contributed by atoms with Crippen LogP contribution < -0.4 is 0 Å². The molecule has 0 N–H and O–H groups in total. The third-order valence-corrected chi connectivity index (χ3v) is 6.80.